The van der Waals surface area contributed by atoms with Crippen LogP contribution in [0.2, 0.25) is 5.02 Å². The SMILES string of the molecule is Cc1nc(NC(O)CCN2CCOCC2)sc1-c1ccnc(Nc2ccc(Cl)cc2)n1. The number of morpholine rings is 1. The number of hydrogen-bond donors (Lipinski definition) is 3. The van der Waals surface area contributed by atoms with E-state index in [1.807, 2.05) is 37.3 Å². The quantitative estimate of drug-likeness (QED) is 0.437. The van der Waals surface area contributed by atoms with Gasteiger partial charge in [0.25, 0.3) is 0 Å². The van der Waals surface area contributed by atoms with Crippen molar-refractivity contribution in [1.29, 1.82) is 0 Å². The van der Waals surface area contributed by atoms with Gasteiger partial charge in [0.1, 0.15) is 6.23 Å². The third kappa shape index (κ3) is 6.11. The van der Waals surface area contributed by atoms with Crippen LogP contribution in [-0.2, 0) is 4.74 Å². The Kier molecular flexibility index (Phi) is 7.31. The highest BCUT2D eigenvalue weighted by Crippen LogP contribution is 2.32. The predicted molar refractivity (Wildman–Crippen MR) is 124 cm³/mol. The Hall–Kier alpha value is -2.30. The van der Waals surface area contributed by atoms with Crippen molar-refractivity contribution in [1.82, 2.24) is 19.9 Å². The summed E-state index contributed by atoms with van der Waals surface area (Å²) in [5.74, 6) is 0.493. The summed E-state index contributed by atoms with van der Waals surface area (Å²) < 4.78 is 5.36. The Morgan fingerprint density at radius 3 is 2.74 bits per heavy atom. The zero-order valence-electron chi connectivity index (χ0n) is 17.2. The highest BCUT2D eigenvalue weighted by molar-refractivity contribution is 7.19. The Bertz CT molecular complexity index is 994. The molecule has 1 aliphatic heterocycles. The number of nitrogens with one attached hydrogen (secondary N) is 2. The number of aliphatic hydroxyl groups excluding tert-OH is 1. The first-order valence-corrected chi connectivity index (χ1v) is 11.3. The maximum Gasteiger partial charge on any atom is 0.227 e. The zero-order chi connectivity index (χ0) is 21.6. The van der Waals surface area contributed by atoms with Gasteiger partial charge in [0.2, 0.25) is 5.95 Å². The van der Waals surface area contributed by atoms with Gasteiger partial charge in [-0.15, -0.1) is 0 Å². The van der Waals surface area contributed by atoms with Gasteiger partial charge in [0.05, 0.1) is 29.5 Å². The molecule has 3 N–H and O–H groups in total. The van der Waals surface area contributed by atoms with Gasteiger partial charge >= 0.3 is 0 Å². The van der Waals surface area contributed by atoms with E-state index < -0.39 is 6.23 Å². The summed E-state index contributed by atoms with van der Waals surface area (Å²) in [7, 11) is 0. The number of aryl methyl sites for hydroxylation is 1. The summed E-state index contributed by atoms with van der Waals surface area (Å²) in [5.41, 5.74) is 2.48. The molecule has 31 heavy (non-hydrogen) atoms. The molecule has 2 aromatic heterocycles. The molecule has 0 aliphatic carbocycles. The maximum absolute atomic E-state index is 10.4. The number of ether oxygens (including phenoxy) is 1. The third-order valence-corrected chi connectivity index (χ3v) is 6.26. The molecule has 0 amide bonds. The monoisotopic (exact) mass is 460 g/mol. The molecule has 1 atom stereocenters. The summed E-state index contributed by atoms with van der Waals surface area (Å²) >= 11 is 7.41. The van der Waals surface area contributed by atoms with E-state index in [1.165, 1.54) is 11.3 Å². The van der Waals surface area contributed by atoms with Crippen molar-refractivity contribution >= 4 is 39.7 Å². The Morgan fingerprint density at radius 2 is 1.97 bits per heavy atom. The highest BCUT2D eigenvalue weighted by atomic mass is 35.5. The van der Waals surface area contributed by atoms with Crippen LogP contribution in [0.3, 0.4) is 0 Å². The van der Waals surface area contributed by atoms with E-state index in [0.29, 0.717) is 22.5 Å². The van der Waals surface area contributed by atoms with Crippen LogP contribution in [0.25, 0.3) is 10.6 Å². The van der Waals surface area contributed by atoms with Crippen molar-refractivity contribution in [3.63, 3.8) is 0 Å². The first-order chi connectivity index (χ1) is 15.1. The fraction of sp³-hybridized carbons (Fsp3) is 0.381. The minimum absolute atomic E-state index is 0.493. The average Bonchev–Trinajstić information content (AvgIpc) is 3.15. The minimum Gasteiger partial charge on any atom is -0.379 e. The number of aliphatic hydroxyl groups is 1. The van der Waals surface area contributed by atoms with E-state index in [2.05, 4.69) is 30.5 Å². The Labute approximate surface area is 190 Å². The second-order valence-electron chi connectivity index (χ2n) is 7.23. The number of thiazole rings is 1. The van der Waals surface area contributed by atoms with E-state index in [4.69, 9.17) is 16.3 Å². The fourth-order valence-electron chi connectivity index (χ4n) is 3.25. The number of aromatic nitrogens is 3. The van der Waals surface area contributed by atoms with Crippen molar-refractivity contribution in [2.24, 2.45) is 0 Å². The number of hydrogen-bond acceptors (Lipinski definition) is 9. The van der Waals surface area contributed by atoms with Gasteiger partial charge in [-0.3, -0.25) is 4.90 Å². The number of benzene rings is 1. The summed E-state index contributed by atoms with van der Waals surface area (Å²) in [6.45, 7) is 6.09. The highest BCUT2D eigenvalue weighted by Gasteiger charge is 2.16. The number of rotatable bonds is 8. The molecule has 3 heterocycles. The van der Waals surface area contributed by atoms with E-state index in [0.717, 1.165) is 54.8 Å². The Morgan fingerprint density at radius 1 is 1.19 bits per heavy atom. The predicted octanol–water partition coefficient (Wildman–Crippen LogP) is 3.76. The van der Waals surface area contributed by atoms with Crippen molar-refractivity contribution < 1.29 is 9.84 Å². The second-order valence-corrected chi connectivity index (χ2v) is 8.67. The van der Waals surface area contributed by atoms with Gasteiger partial charge in [0.15, 0.2) is 5.13 Å². The van der Waals surface area contributed by atoms with Crippen LogP contribution in [0.4, 0.5) is 16.8 Å². The molecule has 1 aliphatic rings. The molecular formula is C21H25ClN6O2S. The lowest BCUT2D eigenvalue weighted by Gasteiger charge is -2.27. The lowest BCUT2D eigenvalue weighted by Crippen LogP contribution is -2.38. The molecule has 1 saturated heterocycles. The lowest BCUT2D eigenvalue weighted by atomic mass is 10.3. The molecule has 1 fully saturated rings. The molecule has 3 aromatic rings. The summed E-state index contributed by atoms with van der Waals surface area (Å²) in [6.07, 6.45) is 1.68. The van der Waals surface area contributed by atoms with Crippen molar-refractivity contribution in [2.45, 2.75) is 19.6 Å². The van der Waals surface area contributed by atoms with Crippen molar-refractivity contribution in [3.05, 3.63) is 47.2 Å². The molecule has 0 spiro atoms. The number of halogens is 1. The van der Waals surface area contributed by atoms with Gasteiger partial charge in [-0.1, -0.05) is 22.9 Å². The van der Waals surface area contributed by atoms with Gasteiger partial charge in [-0.25, -0.2) is 15.0 Å². The van der Waals surface area contributed by atoms with E-state index in [-0.39, 0.29) is 0 Å². The summed E-state index contributed by atoms with van der Waals surface area (Å²) in [4.78, 5) is 16.7. The standard InChI is InChI=1S/C21H25ClN6O2S/c1-14-19(17-6-8-23-20(26-17)25-16-4-2-15(22)3-5-16)31-21(24-14)27-18(29)7-9-28-10-12-30-13-11-28/h2-6,8,18,29H,7,9-13H2,1H3,(H,24,27)(H,23,25,26). The molecule has 0 bridgehead atoms. The summed E-state index contributed by atoms with van der Waals surface area (Å²) in [5, 5.41) is 18.0. The van der Waals surface area contributed by atoms with Crippen LogP contribution in [0, 0.1) is 6.92 Å². The van der Waals surface area contributed by atoms with Crippen molar-refractivity contribution in [3.8, 4) is 10.6 Å². The minimum atomic E-state index is -0.659. The smallest absolute Gasteiger partial charge is 0.227 e. The molecule has 0 saturated carbocycles. The van der Waals surface area contributed by atoms with Crippen LogP contribution >= 0.6 is 22.9 Å². The molecule has 4 rings (SSSR count). The van der Waals surface area contributed by atoms with Crippen LogP contribution in [0.1, 0.15) is 12.1 Å². The molecule has 164 valence electrons. The largest absolute Gasteiger partial charge is 0.379 e. The van der Waals surface area contributed by atoms with Gasteiger partial charge < -0.3 is 20.5 Å². The van der Waals surface area contributed by atoms with E-state index in [9.17, 15) is 5.11 Å². The molecular weight excluding hydrogens is 436 g/mol. The van der Waals surface area contributed by atoms with Gasteiger partial charge in [-0.05, 0) is 37.3 Å². The Balaban J connectivity index is 1.39. The molecule has 1 aromatic carbocycles. The zero-order valence-corrected chi connectivity index (χ0v) is 18.8. The molecule has 1 unspecified atom stereocenters. The van der Waals surface area contributed by atoms with Crippen molar-refractivity contribution in [2.75, 3.05) is 43.5 Å². The van der Waals surface area contributed by atoms with Crippen LogP contribution < -0.4 is 10.6 Å². The number of anilines is 3. The summed E-state index contributed by atoms with van der Waals surface area (Å²) in [6, 6.07) is 9.21. The molecule has 0 radical (unpaired) electrons. The van der Waals surface area contributed by atoms with Crippen LogP contribution in [-0.4, -0.2) is 64.0 Å². The van der Waals surface area contributed by atoms with E-state index in [1.54, 1.807) is 6.20 Å². The lowest BCUT2D eigenvalue weighted by molar-refractivity contribution is 0.0318. The fourth-order valence-corrected chi connectivity index (χ4v) is 4.36. The average molecular weight is 461 g/mol. The first kappa shape index (κ1) is 21.9. The van der Waals surface area contributed by atoms with Gasteiger partial charge in [-0.2, -0.15) is 0 Å². The van der Waals surface area contributed by atoms with Crippen LogP contribution in [0.15, 0.2) is 36.5 Å². The maximum atomic E-state index is 10.4. The first-order valence-electron chi connectivity index (χ1n) is 10.1. The molecule has 10 heteroatoms. The van der Waals surface area contributed by atoms with Crippen LogP contribution in [0.5, 0.6) is 0 Å². The van der Waals surface area contributed by atoms with E-state index >= 15 is 0 Å². The normalized spacial score (nSPS) is 15.6. The third-order valence-electron chi connectivity index (χ3n) is 4.90. The molecule has 8 nitrogen and oxygen atoms in total. The topological polar surface area (TPSA) is 95.4 Å². The van der Waals surface area contributed by atoms with Gasteiger partial charge in [0, 0.05) is 43.0 Å². The second kappa shape index (κ2) is 10.3. The number of nitrogens with zero attached hydrogens (tertiary/aromatic N) is 4.